The minimum atomic E-state index is -0.317. The molecular weight excluding hydrogens is 340 g/mol. The number of ether oxygens (including phenoxy) is 2. The molecule has 1 aromatic heterocycles. The first-order chi connectivity index (χ1) is 13.2. The number of rotatable bonds is 5. The van der Waals surface area contributed by atoms with E-state index in [1.165, 1.54) is 0 Å². The molecule has 2 heterocycles. The minimum absolute atomic E-state index is 0.0390. The van der Waals surface area contributed by atoms with Crippen LogP contribution < -0.4 is 19.4 Å². The number of amides is 1. The molecule has 4 rings (SSSR count). The van der Waals surface area contributed by atoms with Gasteiger partial charge in [-0.05, 0) is 29.3 Å². The molecule has 136 valence electrons. The van der Waals surface area contributed by atoms with E-state index in [4.69, 9.17) is 9.47 Å². The van der Waals surface area contributed by atoms with Crippen LogP contribution >= 0.6 is 0 Å². The van der Waals surface area contributed by atoms with E-state index in [0.29, 0.717) is 6.54 Å². The first-order valence-electron chi connectivity index (χ1n) is 8.93. The second kappa shape index (κ2) is 7.50. The van der Waals surface area contributed by atoms with Crippen molar-refractivity contribution in [3.05, 3.63) is 78.6 Å². The average molecular weight is 361 g/mol. The molecular formula is C22H21N2O3+. The molecule has 1 aliphatic rings. The van der Waals surface area contributed by atoms with Gasteiger partial charge in [-0.2, -0.15) is 4.57 Å². The Labute approximate surface area is 158 Å². The van der Waals surface area contributed by atoms with Crippen LogP contribution in [-0.4, -0.2) is 12.7 Å². The van der Waals surface area contributed by atoms with E-state index in [-0.39, 0.29) is 18.7 Å². The van der Waals surface area contributed by atoms with Gasteiger partial charge in [-0.1, -0.05) is 36.4 Å². The number of hydrogen-bond acceptors (Lipinski definition) is 3. The van der Waals surface area contributed by atoms with Crippen molar-refractivity contribution < 1.29 is 18.8 Å². The predicted molar refractivity (Wildman–Crippen MR) is 101 cm³/mol. The Kier molecular flexibility index (Phi) is 4.75. The highest BCUT2D eigenvalue weighted by Crippen LogP contribution is 2.32. The largest absolute Gasteiger partial charge is 0.454 e. The van der Waals surface area contributed by atoms with Gasteiger partial charge in [0.25, 0.3) is 5.91 Å². The first-order valence-corrected chi connectivity index (χ1v) is 8.93. The molecule has 0 saturated carbocycles. The summed E-state index contributed by atoms with van der Waals surface area (Å²) in [6.45, 7) is 2.58. The van der Waals surface area contributed by atoms with E-state index < -0.39 is 0 Å². The Balaban J connectivity index is 1.43. The average Bonchev–Trinajstić information content (AvgIpc) is 3.20. The molecule has 0 fully saturated rings. The summed E-state index contributed by atoms with van der Waals surface area (Å²) >= 11 is 0. The van der Waals surface area contributed by atoms with Crippen LogP contribution in [0.5, 0.6) is 11.5 Å². The summed E-state index contributed by atoms with van der Waals surface area (Å²) in [5.41, 5.74) is 3.18. The normalized spacial score (nSPS) is 13.2. The summed E-state index contributed by atoms with van der Waals surface area (Å²) in [5.74, 6) is 1.43. The van der Waals surface area contributed by atoms with Gasteiger partial charge in [-0.3, -0.25) is 4.79 Å². The lowest BCUT2D eigenvalue weighted by Gasteiger charge is -2.10. The number of benzene rings is 2. The highest BCUT2D eigenvalue weighted by Gasteiger charge is 2.22. The van der Waals surface area contributed by atoms with Crippen molar-refractivity contribution in [3.8, 4) is 22.6 Å². The van der Waals surface area contributed by atoms with Crippen LogP contribution in [0.15, 0.2) is 73.1 Å². The van der Waals surface area contributed by atoms with Crippen molar-refractivity contribution in [2.75, 3.05) is 6.79 Å². The number of carbonyl (C=O) groups excluding carboxylic acids is 1. The van der Waals surface area contributed by atoms with Gasteiger partial charge < -0.3 is 14.8 Å². The number of nitrogens with one attached hydrogen (secondary N) is 1. The molecule has 0 aliphatic carbocycles. The number of pyridine rings is 1. The lowest BCUT2D eigenvalue weighted by atomic mass is 10.1. The second-order valence-electron chi connectivity index (χ2n) is 6.49. The van der Waals surface area contributed by atoms with E-state index in [2.05, 4.69) is 17.4 Å². The molecule has 0 spiro atoms. The number of fused-ring (bicyclic) bond motifs is 1. The Morgan fingerprint density at radius 1 is 1.04 bits per heavy atom. The van der Waals surface area contributed by atoms with Gasteiger partial charge >= 0.3 is 0 Å². The fraction of sp³-hybridized carbons (Fsp3) is 0.182. The van der Waals surface area contributed by atoms with Crippen LogP contribution in [0.4, 0.5) is 0 Å². The van der Waals surface area contributed by atoms with Crippen LogP contribution in [0.3, 0.4) is 0 Å². The molecule has 0 unspecified atom stereocenters. The molecule has 2 aromatic carbocycles. The summed E-state index contributed by atoms with van der Waals surface area (Å²) in [4.78, 5) is 12.6. The molecule has 1 atom stereocenters. The standard InChI is InChI=1S/C22H20N2O3/c1-16(24-11-5-8-19(14-24)18-6-3-2-4-7-18)22(25)23-13-17-9-10-20-21(12-17)27-15-26-20/h2-12,14,16H,13,15H2,1H3/p+1/t16-/m1/s1. The van der Waals surface area contributed by atoms with E-state index in [1.807, 2.05) is 72.4 Å². The van der Waals surface area contributed by atoms with Crippen molar-refractivity contribution >= 4 is 5.91 Å². The molecule has 1 amide bonds. The molecule has 0 saturated heterocycles. The van der Waals surface area contributed by atoms with Gasteiger partial charge in [-0.15, -0.1) is 0 Å². The fourth-order valence-corrected chi connectivity index (χ4v) is 3.06. The topological polar surface area (TPSA) is 51.4 Å². The van der Waals surface area contributed by atoms with Gasteiger partial charge in [0.15, 0.2) is 23.9 Å². The fourth-order valence-electron chi connectivity index (χ4n) is 3.06. The van der Waals surface area contributed by atoms with Crippen LogP contribution in [0.25, 0.3) is 11.1 Å². The molecule has 5 nitrogen and oxygen atoms in total. The number of aromatic nitrogens is 1. The lowest BCUT2D eigenvalue weighted by molar-refractivity contribution is -0.705. The van der Waals surface area contributed by atoms with Crippen molar-refractivity contribution in [2.24, 2.45) is 0 Å². The van der Waals surface area contributed by atoms with Crippen molar-refractivity contribution in [3.63, 3.8) is 0 Å². The molecule has 5 heteroatoms. The van der Waals surface area contributed by atoms with Crippen molar-refractivity contribution in [1.82, 2.24) is 5.32 Å². The third-order valence-corrected chi connectivity index (χ3v) is 4.66. The zero-order valence-corrected chi connectivity index (χ0v) is 15.1. The highest BCUT2D eigenvalue weighted by molar-refractivity contribution is 5.78. The molecule has 3 aromatic rings. The lowest BCUT2D eigenvalue weighted by Crippen LogP contribution is -2.46. The molecule has 0 radical (unpaired) electrons. The monoisotopic (exact) mass is 361 g/mol. The molecule has 27 heavy (non-hydrogen) atoms. The zero-order chi connectivity index (χ0) is 18.6. The Morgan fingerprint density at radius 2 is 1.81 bits per heavy atom. The molecule has 1 aliphatic heterocycles. The van der Waals surface area contributed by atoms with Gasteiger partial charge in [-0.25, -0.2) is 0 Å². The summed E-state index contributed by atoms with van der Waals surface area (Å²) in [6.07, 6.45) is 3.91. The van der Waals surface area contributed by atoms with Crippen molar-refractivity contribution in [2.45, 2.75) is 19.5 Å². The first kappa shape index (κ1) is 17.1. The van der Waals surface area contributed by atoms with E-state index in [1.54, 1.807) is 0 Å². The number of nitrogens with zero attached hydrogens (tertiary/aromatic N) is 1. The zero-order valence-electron chi connectivity index (χ0n) is 15.1. The van der Waals surface area contributed by atoms with E-state index in [9.17, 15) is 4.79 Å². The predicted octanol–water partition coefficient (Wildman–Crippen LogP) is 3.25. The quantitative estimate of drug-likeness (QED) is 0.710. The van der Waals surface area contributed by atoms with Gasteiger partial charge in [0.1, 0.15) is 0 Å². The van der Waals surface area contributed by atoms with Crippen LogP contribution in [-0.2, 0) is 11.3 Å². The second-order valence-corrected chi connectivity index (χ2v) is 6.49. The van der Waals surface area contributed by atoms with E-state index in [0.717, 1.165) is 28.2 Å². The minimum Gasteiger partial charge on any atom is -0.454 e. The maximum atomic E-state index is 12.6. The summed E-state index contributed by atoms with van der Waals surface area (Å²) in [6, 6.07) is 19.5. The Bertz CT molecular complexity index is 957. The Morgan fingerprint density at radius 3 is 2.67 bits per heavy atom. The van der Waals surface area contributed by atoms with E-state index >= 15 is 0 Å². The maximum absolute atomic E-state index is 12.6. The van der Waals surface area contributed by atoms with Crippen LogP contribution in [0.1, 0.15) is 18.5 Å². The number of carbonyl (C=O) groups is 1. The van der Waals surface area contributed by atoms with Crippen LogP contribution in [0.2, 0.25) is 0 Å². The van der Waals surface area contributed by atoms with Crippen molar-refractivity contribution in [1.29, 1.82) is 0 Å². The maximum Gasteiger partial charge on any atom is 0.289 e. The van der Waals surface area contributed by atoms with Crippen LogP contribution in [0, 0.1) is 0 Å². The SMILES string of the molecule is C[C@H](C(=O)NCc1ccc2c(c1)OCO2)[n+]1cccc(-c2ccccc2)c1. The summed E-state index contributed by atoms with van der Waals surface area (Å²) in [5, 5.41) is 2.99. The third kappa shape index (κ3) is 3.77. The third-order valence-electron chi connectivity index (χ3n) is 4.66. The van der Waals surface area contributed by atoms with Gasteiger partial charge in [0, 0.05) is 25.1 Å². The van der Waals surface area contributed by atoms with Gasteiger partial charge in [0.05, 0.1) is 0 Å². The highest BCUT2D eigenvalue weighted by atomic mass is 16.7. The van der Waals surface area contributed by atoms with Gasteiger partial charge in [0.2, 0.25) is 12.8 Å². The number of hydrogen-bond donors (Lipinski definition) is 1. The smallest absolute Gasteiger partial charge is 0.289 e. The summed E-state index contributed by atoms with van der Waals surface area (Å²) in [7, 11) is 0. The molecule has 1 N–H and O–H groups in total. The molecule has 0 bridgehead atoms. The Hall–Kier alpha value is -3.34. The summed E-state index contributed by atoms with van der Waals surface area (Å²) < 4.78 is 12.6.